The fourth-order valence-electron chi connectivity index (χ4n) is 6.57. The molecular weight excluding hydrogens is 534 g/mol. The van der Waals surface area contributed by atoms with Crippen LogP contribution >= 0.6 is 0 Å². The summed E-state index contributed by atoms with van der Waals surface area (Å²) in [6.07, 6.45) is 1.43. The number of nitrogens with zero attached hydrogens (tertiary/aromatic N) is 3. The van der Waals surface area contributed by atoms with Gasteiger partial charge in [-0.2, -0.15) is 0 Å². The molecule has 1 aromatic rings. The highest BCUT2D eigenvalue weighted by molar-refractivity contribution is 5.98. The van der Waals surface area contributed by atoms with Gasteiger partial charge in [-0.25, -0.2) is 9.98 Å². The molecule has 0 saturated carbocycles. The molecule has 5 atom stereocenters. The summed E-state index contributed by atoms with van der Waals surface area (Å²) in [5.74, 6) is -3.42. The van der Waals surface area contributed by atoms with Crippen LogP contribution in [0.5, 0.6) is 5.75 Å². The first-order valence-corrected chi connectivity index (χ1v) is 13.7. The summed E-state index contributed by atoms with van der Waals surface area (Å²) in [7, 11) is 0. The maximum atomic E-state index is 13.6. The van der Waals surface area contributed by atoms with Gasteiger partial charge in [0.05, 0.1) is 18.2 Å². The molecular formula is C26H35N9O6. The fourth-order valence-corrected chi connectivity index (χ4v) is 6.57. The fraction of sp³-hybridized carbons (Fsp3) is 0.577. The zero-order chi connectivity index (χ0) is 29.3. The predicted molar refractivity (Wildman–Crippen MR) is 146 cm³/mol. The Hall–Kier alpha value is -4.11. The molecule has 4 unspecified atom stereocenters. The lowest BCUT2D eigenvalue weighted by molar-refractivity contribution is -0.230. The molecule has 10 N–H and O–H groups in total. The third-order valence-electron chi connectivity index (χ3n) is 8.87. The van der Waals surface area contributed by atoms with E-state index < -0.39 is 47.4 Å². The number of fused-ring (bicyclic) bond motifs is 1. The van der Waals surface area contributed by atoms with Crippen molar-refractivity contribution in [3.05, 3.63) is 29.3 Å². The third kappa shape index (κ3) is 4.05. The molecule has 2 fully saturated rings. The van der Waals surface area contributed by atoms with Crippen molar-refractivity contribution in [3.63, 3.8) is 0 Å². The number of aliphatic hydroxyl groups is 2. The van der Waals surface area contributed by atoms with Crippen molar-refractivity contribution in [1.29, 1.82) is 0 Å². The van der Waals surface area contributed by atoms with E-state index in [2.05, 4.69) is 45.1 Å². The van der Waals surface area contributed by atoms with Crippen molar-refractivity contribution >= 4 is 29.6 Å². The molecule has 1 spiro atoms. The van der Waals surface area contributed by atoms with Gasteiger partial charge in [0.1, 0.15) is 23.9 Å². The first-order valence-electron chi connectivity index (χ1n) is 13.7. The second-order valence-corrected chi connectivity index (χ2v) is 11.8. The van der Waals surface area contributed by atoms with E-state index in [0.717, 1.165) is 12.0 Å². The highest BCUT2D eigenvalue weighted by atomic mass is 16.5. The molecule has 5 aliphatic heterocycles. The molecule has 3 amide bonds. The first kappa shape index (κ1) is 27.1. The van der Waals surface area contributed by atoms with E-state index in [9.17, 15) is 24.6 Å². The van der Waals surface area contributed by atoms with Crippen LogP contribution in [0.1, 0.15) is 49.0 Å². The van der Waals surface area contributed by atoms with Crippen molar-refractivity contribution in [2.24, 2.45) is 21.5 Å². The standard InChI is InChI=1S/C26H35N9O6/c1-24(2)8-9-41-18-12(4-3-5-13(18)24)20(37)32-16-11-35-23(28)31-15(10-29-21(38)14-6-7-17(36)30-14)19-25(35,26(16,39)40)34-22(27)33-19/h3-5,14-16,19,39-40H,6-11H2,1-2H3,(H2,28,31)(H,29,38)(H,30,36)(H,32,37)(H3,27,33,34)/t14?,15-,16?,19?,25?/m0/s1. The number of aliphatic imine (C=N–C) groups is 2. The number of rotatable bonds is 5. The van der Waals surface area contributed by atoms with Gasteiger partial charge in [0.15, 0.2) is 17.6 Å². The van der Waals surface area contributed by atoms with E-state index >= 15 is 0 Å². The number of carbonyl (C=O) groups excluding carboxylic acids is 3. The summed E-state index contributed by atoms with van der Waals surface area (Å²) in [5, 5.41) is 34.4. The molecule has 220 valence electrons. The second kappa shape index (κ2) is 9.21. The van der Waals surface area contributed by atoms with Gasteiger partial charge < -0.3 is 52.6 Å². The summed E-state index contributed by atoms with van der Waals surface area (Å²) in [5.41, 5.74) is 11.6. The van der Waals surface area contributed by atoms with Crippen molar-refractivity contribution in [2.75, 3.05) is 19.7 Å². The maximum absolute atomic E-state index is 13.6. The first-order chi connectivity index (χ1) is 19.3. The van der Waals surface area contributed by atoms with Gasteiger partial charge >= 0.3 is 0 Å². The van der Waals surface area contributed by atoms with E-state index in [1.807, 2.05) is 6.07 Å². The van der Waals surface area contributed by atoms with Crippen molar-refractivity contribution in [1.82, 2.24) is 26.2 Å². The Morgan fingerprint density at radius 3 is 2.76 bits per heavy atom. The molecule has 6 rings (SSSR count). The normalized spacial score (nSPS) is 32.3. The lowest BCUT2D eigenvalue weighted by Crippen LogP contribution is -2.78. The summed E-state index contributed by atoms with van der Waals surface area (Å²) in [4.78, 5) is 48.0. The van der Waals surface area contributed by atoms with Crippen LogP contribution in [0.25, 0.3) is 0 Å². The van der Waals surface area contributed by atoms with E-state index in [1.165, 1.54) is 4.90 Å². The van der Waals surface area contributed by atoms with Gasteiger partial charge in [0.25, 0.3) is 5.91 Å². The van der Waals surface area contributed by atoms with Crippen LogP contribution in [0.3, 0.4) is 0 Å². The molecule has 5 heterocycles. The van der Waals surface area contributed by atoms with E-state index in [0.29, 0.717) is 18.8 Å². The molecule has 0 aromatic heterocycles. The number of carbonyl (C=O) groups is 3. The molecule has 2 saturated heterocycles. The zero-order valence-electron chi connectivity index (χ0n) is 22.8. The zero-order valence-corrected chi connectivity index (χ0v) is 22.8. The molecule has 0 bridgehead atoms. The number of amides is 3. The van der Waals surface area contributed by atoms with E-state index in [-0.39, 0.29) is 48.3 Å². The molecule has 15 heteroatoms. The molecule has 0 aliphatic carbocycles. The minimum Gasteiger partial charge on any atom is -0.492 e. The smallest absolute Gasteiger partial charge is 0.255 e. The van der Waals surface area contributed by atoms with Crippen LogP contribution in [0.4, 0.5) is 0 Å². The largest absolute Gasteiger partial charge is 0.492 e. The Morgan fingerprint density at radius 2 is 2.02 bits per heavy atom. The van der Waals surface area contributed by atoms with Crippen molar-refractivity contribution in [2.45, 2.75) is 74.1 Å². The number of ether oxygens (including phenoxy) is 1. The maximum Gasteiger partial charge on any atom is 0.255 e. The predicted octanol–water partition coefficient (Wildman–Crippen LogP) is -3.08. The third-order valence-corrected chi connectivity index (χ3v) is 8.87. The number of nitrogens with one attached hydrogen (secondary N) is 4. The molecule has 0 radical (unpaired) electrons. The molecule has 15 nitrogen and oxygen atoms in total. The van der Waals surface area contributed by atoms with Gasteiger partial charge in [-0.15, -0.1) is 0 Å². The summed E-state index contributed by atoms with van der Waals surface area (Å²) in [6, 6.07) is 1.61. The Balaban J connectivity index is 1.25. The molecule has 41 heavy (non-hydrogen) atoms. The van der Waals surface area contributed by atoms with Crippen molar-refractivity contribution < 1.29 is 29.3 Å². The van der Waals surface area contributed by atoms with Gasteiger partial charge in [-0.3, -0.25) is 14.4 Å². The van der Waals surface area contributed by atoms with Gasteiger partial charge in [-0.05, 0) is 24.3 Å². The number of hydrogen-bond donors (Lipinski definition) is 8. The number of guanidine groups is 2. The number of hydrogen-bond acceptors (Lipinski definition) is 12. The van der Waals surface area contributed by atoms with E-state index in [1.54, 1.807) is 12.1 Å². The lowest BCUT2D eigenvalue weighted by Gasteiger charge is -2.49. The quantitative estimate of drug-likeness (QED) is 0.167. The topological polar surface area (TPSA) is 229 Å². The van der Waals surface area contributed by atoms with Gasteiger partial charge in [0.2, 0.25) is 17.6 Å². The minimum absolute atomic E-state index is 0.0431. The lowest BCUT2D eigenvalue weighted by atomic mass is 9.79. The highest BCUT2D eigenvalue weighted by Gasteiger charge is 2.73. The Kier molecular flexibility index (Phi) is 6.08. The average molecular weight is 570 g/mol. The van der Waals surface area contributed by atoms with Crippen LogP contribution in [0, 0.1) is 0 Å². The Morgan fingerprint density at radius 1 is 1.24 bits per heavy atom. The summed E-state index contributed by atoms with van der Waals surface area (Å²) in [6.45, 7) is 4.44. The highest BCUT2D eigenvalue weighted by Crippen LogP contribution is 2.45. The minimum atomic E-state index is -2.63. The number of benzene rings is 1. The van der Waals surface area contributed by atoms with Crippen LogP contribution < -0.4 is 37.5 Å². The Bertz CT molecular complexity index is 1380. The van der Waals surface area contributed by atoms with Crippen LogP contribution in [-0.4, -0.2) is 100 Å². The monoisotopic (exact) mass is 569 g/mol. The van der Waals surface area contributed by atoms with Crippen LogP contribution in [0.15, 0.2) is 28.2 Å². The number of nitrogens with two attached hydrogens (primary N) is 2. The summed E-state index contributed by atoms with van der Waals surface area (Å²) < 4.78 is 5.88. The van der Waals surface area contributed by atoms with Crippen LogP contribution in [0.2, 0.25) is 0 Å². The summed E-state index contributed by atoms with van der Waals surface area (Å²) >= 11 is 0. The second-order valence-electron chi connectivity index (χ2n) is 11.8. The van der Waals surface area contributed by atoms with Gasteiger partial charge in [0, 0.05) is 25.1 Å². The number of para-hydroxylation sites is 1. The average Bonchev–Trinajstić information content (AvgIpc) is 3.57. The molecule has 5 aliphatic rings. The molecule has 1 aromatic carbocycles. The SMILES string of the molecule is CC1(C)CCOc2c(C(=O)NC3CN4C(N)=N[C@@H](CNC(=O)C5CCC(=O)N5)C5N=C(N)NC54C3(O)O)cccc21. The van der Waals surface area contributed by atoms with Crippen LogP contribution in [-0.2, 0) is 15.0 Å². The van der Waals surface area contributed by atoms with Crippen molar-refractivity contribution in [3.8, 4) is 5.75 Å². The Labute approximate surface area is 235 Å². The van der Waals surface area contributed by atoms with Gasteiger partial charge in [-0.1, -0.05) is 26.0 Å². The van der Waals surface area contributed by atoms with E-state index in [4.69, 9.17) is 16.2 Å².